The fourth-order valence-corrected chi connectivity index (χ4v) is 10.3. The lowest BCUT2D eigenvalue weighted by molar-refractivity contribution is 1.02. The average Bonchev–Trinajstić information content (AvgIpc) is 3.95. The minimum absolute atomic E-state index is 0.684. The molecule has 0 aliphatic heterocycles. The number of aromatic nitrogens is 4. The quantitative estimate of drug-likeness (QED) is 0.181. The van der Waals surface area contributed by atoms with E-state index in [4.69, 9.17) is 9.97 Å². The molecule has 0 bridgehead atoms. The lowest BCUT2D eigenvalue weighted by atomic mass is 10.0. The Morgan fingerprint density at radius 3 is 2.00 bits per heavy atom. The number of rotatable bonds is 2. The first-order valence-corrected chi connectivity index (χ1v) is 18.8. The Morgan fingerprint density at radius 2 is 1.11 bits per heavy atom. The maximum Gasteiger partial charge on any atom is 0.235 e. The molecule has 0 radical (unpaired) electrons. The molecular formula is C48H26N4S. The van der Waals surface area contributed by atoms with Crippen molar-refractivity contribution in [1.82, 2.24) is 18.9 Å². The maximum absolute atomic E-state index is 5.58. The van der Waals surface area contributed by atoms with Crippen molar-refractivity contribution in [2.24, 2.45) is 0 Å². The van der Waals surface area contributed by atoms with E-state index in [1.54, 1.807) is 11.3 Å². The largest absolute Gasteiger partial charge is 0.307 e. The summed E-state index contributed by atoms with van der Waals surface area (Å²) in [6.45, 7) is 0. The molecule has 0 saturated heterocycles. The van der Waals surface area contributed by atoms with Crippen LogP contribution in [0.15, 0.2) is 158 Å². The van der Waals surface area contributed by atoms with Gasteiger partial charge in [0.15, 0.2) is 0 Å². The molecule has 0 spiro atoms. The minimum atomic E-state index is 0.684. The van der Waals surface area contributed by atoms with Crippen LogP contribution in [0.25, 0.3) is 119 Å². The van der Waals surface area contributed by atoms with Gasteiger partial charge in [-0.2, -0.15) is 0 Å². The molecule has 0 N–H and O–H groups in total. The van der Waals surface area contributed by atoms with Gasteiger partial charge in [0.2, 0.25) is 5.95 Å². The third-order valence-electron chi connectivity index (χ3n) is 11.4. The second-order valence-corrected chi connectivity index (χ2v) is 15.2. The molecule has 0 aliphatic carbocycles. The molecule has 0 fully saturated rings. The number of fused-ring (bicyclic) bond motifs is 16. The van der Waals surface area contributed by atoms with Crippen molar-refractivity contribution >= 4 is 113 Å². The van der Waals surface area contributed by atoms with Crippen LogP contribution in [0, 0.1) is 0 Å². The van der Waals surface area contributed by atoms with Crippen LogP contribution in [0.5, 0.6) is 0 Å². The molecule has 0 amide bonds. The molecular weight excluding hydrogens is 665 g/mol. The van der Waals surface area contributed by atoms with E-state index < -0.39 is 0 Å². The Balaban J connectivity index is 1.25. The molecule has 0 saturated carbocycles. The zero-order valence-electron chi connectivity index (χ0n) is 28.2. The van der Waals surface area contributed by atoms with Gasteiger partial charge in [0.05, 0.1) is 43.5 Å². The molecule has 0 atom stereocenters. The fourth-order valence-electron chi connectivity index (χ4n) is 9.17. The summed E-state index contributed by atoms with van der Waals surface area (Å²) < 4.78 is 7.17. The standard InChI is InChI=1S/C48H26N4S/c1-2-13-29-25-30(22-21-27(29)11-1)42-47-43(35-17-7-10-20-40(35)53-47)50-48(49-42)52-38-18-8-5-15-32(38)36-26-37-33-24-23-28-12-3-4-14-31(28)44(33)51-39-19-9-6-16-34(39)41(45(37)51)46(36)52/h1-26H. The number of benzene rings is 8. The molecule has 4 nitrogen and oxygen atoms in total. The van der Waals surface area contributed by atoms with Crippen molar-refractivity contribution in [3.05, 3.63) is 158 Å². The van der Waals surface area contributed by atoms with Crippen LogP contribution in [0.2, 0.25) is 0 Å². The van der Waals surface area contributed by atoms with E-state index in [1.165, 1.54) is 75.1 Å². The Morgan fingerprint density at radius 1 is 0.434 bits per heavy atom. The lowest BCUT2D eigenvalue weighted by Crippen LogP contribution is -2.03. The third-order valence-corrected chi connectivity index (χ3v) is 12.6. The summed E-state index contributed by atoms with van der Waals surface area (Å²) in [5.41, 5.74) is 8.99. The number of thiophene rings is 1. The molecule has 0 aliphatic rings. The zero-order valence-corrected chi connectivity index (χ0v) is 29.0. The van der Waals surface area contributed by atoms with Crippen molar-refractivity contribution in [1.29, 1.82) is 0 Å². The first kappa shape index (κ1) is 27.8. The molecule has 13 aromatic rings. The van der Waals surface area contributed by atoms with Gasteiger partial charge in [-0.15, -0.1) is 11.3 Å². The van der Waals surface area contributed by atoms with Gasteiger partial charge in [0.25, 0.3) is 0 Å². The van der Waals surface area contributed by atoms with Gasteiger partial charge in [-0.25, -0.2) is 9.97 Å². The second kappa shape index (κ2) is 9.94. The van der Waals surface area contributed by atoms with Gasteiger partial charge < -0.3 is 4.40 Å². The first-order valence-electron chi connectivity index (χ1n) is 18.0. The van der Waals surface area contributed by atoms with E-state index in [9.17, 15) is 0 Å². The molecule has 8 aromatic carbocycles. The second-order valence-electron chi connectivity index (χ2n) is 14.1. The van der Waals surface area contributed by atoms with Crippen molar-refractivity contribution in [3.8, 4) is 17.2 Å². The predicted molar refractivity (Wildman–Crippen MR) is 224 cm³/mol. The summed E-state index contributed by atoms with van der Waals surface area (Å²) in [6, 6.07) is 57.3. The van der Waals surface area contributed by atoms with Gasteiger partial charge in [-0.1, -0.05) is 127 Å². The van der Waals surface area contributed by atoms with Crippen LogP contribution >= 0.6 is 11.3 Å². The van der Waals surface area contributed by atoms with Crippen LogP contribution in [0.1, 0.15) is 0 Å². The third kappa shape index (κ3) is 3.54. The van der Waals surface area contributed by atoms with Crippen molar-refractivity contribution in [2.75, 3.05) is 0 Å². The van der Waals surface area contributed by atoms with Crippen LogP contribution in [-0.2, 0) is 0 Å². The van der Waals surface area contributed by atoms with Crippen molar-refractivity contribution in [3.63, 3.8) is 0 Å². The smallest absolute Gasteiger partial charge is 0.235 e. The topological polar surface area (TPSA) is 35.1 Å². The highest BCUT2D eigenvalue weighted by molar-refractivity contribution is 7.26. The number of para-hydroxylation sites is 2. The number of nitrogens with zero attached hydrogens (tertiary/aromatic N) is 4. The Labute approximate surface area is 305 Å². The molecule has 5 heterocycles. The van der Waals surface area contributed by atoms with Crippen LogP contribution < -0.4 is 0 Å². The van der Waals surface area contributed by atoms with E-state index in [2.05, 4.69) is 167 Å². The summed E-state index contributed by atoms with van der Waals surface area (Å²) in [5, 5.41) is 13.5. The van der Waals surface area contributed by atoms with Crippen LogP contribution in [0.4, 0.5) is 0 Å². The SMILES string of the molecule is c1ccc2cc(-c3nc(-n4c5ccccc5c5cc6c7ccc8ccccc8c7n7c8ccccc8c(c54)c67)nc4c3sc3ccccc34)ccc2c1. The van der Waals surface area contributed by atoms with Gasteiger partial charge in [-0.05, 0) is 46.5 Å². The van der Waals surface area contributed by atoms with E-state index in [0.29, 0.717) is 5.95 Å². The molecule has 244 valence electrons. The molecule has 53 heavy (non-hydrogen) atoms. The van der Waals surface area contributed by atoms with E-state index >= 15 is 0 Å². The van der Waals surface area contributed by atoms with Crippen molar-refractivity contribution in [2.45, 2.75) is 0 Å². The number of hydrogen-bond donors (Lipinski definition) is 0. The summed E-state index contributed by atoms with van der Waals surface area (Å²) >= 11 is 1.78. The van der Waals surface area contributed by atoms with Crippen LogP contribution in [0.3, 0.4) is 0 Å². The highest BCUT2D eigenvalue weighted by Gasteiger charge is 2.26. The summed E-state index contributed by atoms with van der Waals surface area (Å²) in [5.74, 6) is 0.684. The Bertz CT molecular complexity index is 3700. The van der Waals surface area contributed by atoms with Gasteiger partial charge in [0, 0.05) is 53.4 Å². The fraction of sp³-hybridized carbons (Fsp3) is 0. The van der Waals surface area contributed by atoms with E-state index in [0.717, 1.165) is 37.9 Å². The number of hydrogen-bond acceptors (Lipinski definition) is 3. The minimum Gasteiger partial charge on any atom is -0.307 e. The molecule has 5 aromatic heterocycles. The molecule has 0 unspecified atom stereocenters. The Kier molecular flexibility index (Phi) is 5.22. The highest BCUT2D eigenvalue weighted by Crippen LogP contribution is 2.48. The van der Waals surface area contributed by atoms with E-state index in [1.807, 2.05) is 0 Å². The first-order chi connectivity index (χ1) is 26.3. The molecule has 13 rings (SSSR count). The van der Waals surface area contributed by atoms with E-state index in [-0.39, 0.29) is 0 Å². The summed E-state index contributed by atoms with van der Waals surface area (Å²) in [4.78, 5) is 11.1. The van der Waals surface area contributed by atoms with Crippen molar-refractivity contribution < 1.29 is 0 Å². The van der Waals surface area contributed by atoms with Crippen LogP contribution in [-0.4, -0.2) is 18.9 Å². The Hall–Kier alpha value is -6.82. The van der Waals surface area contributed by atoms with Gasteiger partial charge in [-0.3, -0.25) is 4.57 Å². The monoisotopic (exact) mass is 690 g/mol. The molecule has 5 heteroatoms. The normalized spacial score (nSPS) is 12.5. The predicted octanol–water partition coefficient (Wildman–Crippen LogP) is 13.1. The van der Waals surface area contributed by atoms with Gasteiger partial charge >= 0.3 is 0 Å². The summed E-state index contributed by atoms with van der Waals surface area (Å²) in [6.07, 6.45) is 0. The zero-order chi connectivity index (χ0) is 34.4. The van der Waals surface area contributed by atoms with Gasteiger partial charge in [0.1, 0.15) is 0 Å². The maximum atomic E-state index is 5.58. The summed E-state index contributed by atoms with van der Waals surface area (Å²) in [7, 11) is 0. The highest BCUT2D eigenvalue weighted by atomic mass is 32.1. The lowest BCUT2D eigenvalue weighted by Gasteiger charge is -2.11. The average molecular weight is 691 g/mol.